The Labute approximate surface area is 141 Å². The van der Waals surface area contributed by atoms with E-state index in [0.29, 0.717) is 10.7 Å². The maximum atomic E-state index is 12.0. The molecule has 3 rings (SSSR count). The lowest BCUT2D eigenvalue weighted by Gasteiger charge is -2.04. The van der Waals surface area contributed by atoms with Gasteiger partial charge in [-0.1, -0.05) is 29.8 Å². The molecule has 0 saturated heterocycles. The molecule has 0 aliphatic carbocycles. The first kappa shape index (κ1) is 15.5. The Balaban J connectivity index is 2.12. The molecule has 0 bridgehead atoms. The van der Waals surface area contributed by atoms with Gasteiger partial charge in [0.25, 0.3) is 5.56 Å². The van der Waals surface area contributed by atoms with E-state index in [-0.39, 0.29) is 16.0 Å². The quantitative estimate of drug-likeness (QED) is 0.440. The molecular weight excluding hydrogens is 334 g/mol. The van der Waals surface area contributed by atoms with Gasteiger partial charge in [0.05, 0.1) is 11.7 Å². The highest BCUT2D eigenvalue weighted by atomic mass is 35.5. The number of nitrogens with one attached hydrogen (secondary N) is 1. The number of aromatic nitrogens is 4. The number of halogens is 1. The van der Waals surface area contributed by atoms with E-state index in [4.69, 9.17) is 23.8 Å². The van der Waals surface area contributed by atoms with Crippen molar-refractivity contribution in [3.8, 4) is 0 Å². The maximum Gasteiger partial charge on any atom is 0.296 e. The molecule has 0 atom stereocenters. The van der Waals surface area contributed by atoms with Crippen molar-refractivity contribution >= 4 is 40.9 Å². The Bertz CT molecular complexity index is 1050. The van der Waals surface area contributed by atoms with Crippen LogP contribution in [0.3, 0.4) is 0 Å². The molecule has 8 heteroatoms. The summed E-state index contributed by atoms with van der Waals surface area (Å²) in [5, 5.41) is 11.7. The smallest absolute Gasteiger partial charge is 0.265 e. The average molecular weight is 346 g/mol. The summed E-state index contributed by atoms with van der Waals surface area (Å²) in [4.78, 5) is 16.4. The van der Waals surface area contributed by atoms with Gasteiger partial charge in [0, 0.05) is 10.9 Å². The topological polar surface area (TPSA) is 75.9 Å². The third-order valence-electron chi connectivity index (χ3n) is 3.35. The number of hydrogen-bond acceptors (Lipinski definition) is 5. The van der Waals surface area contributed by atoms with E-state index in [2.05, 4.69) is 20.3 Å². The summed E-state index contributed by atoms with van der Waals surface area (Å²) in [5.41, 5.74) is 2.36. The summed E-state index contributed by atoms with van der Waals surface area (Å²) in [7, 11) is 0. The van der Waals surface area contributed by atoms with Gasteiger partial charge in [-0.3, -0.25) is 9.89 Å². The van der Waals surface area contributed by atoms with E-state index < -0.39 is 0 Å². The van der Waals surface area contributed by atoms with Crippen molar-refractivity contribution in [2.24, 2.45) is 5.10 Å². The van der Waals surface area contributed by atoms with Crippen molar-refractivity contribution in [3.63, 3.8) is 0 Å². The van der Waals surface area contributed by atoms with Crippen LogP contribution in [0.25, 0.3) is 10.9 Å². The molecule has 1 aromatic carbocycles. The second-order valence-corrected chi connectivity index (χ2v) is 5.74. The van der Waals surface area contributed by atoms with E-state index in [9.17, 15) is 4.79 Å². The van der Waals surface area contributed by atoms with Crippen LogP contribution in [0.4, 0.5) is 0 Å². The number of pyridine rings is 1. The Morgan fingerprint density at radius 3 is 2.96 bits per heavy atom. The lowest BCUT2D eigenvalue weighted by atomic mass is 10.1. The molecule has 3 aromatic rings. The largest absolute Gasteiger partial charge is 0.296 e. The predicted octanol–water partition coefficient (Wildman–Crippen LogP) is 3.00. The van der Waals surface area contributed by atoms with Crippen molar-refractivity contribution in [2.75, 3.05) is 0 Å². The van der Waals surface area contributed by atoms with Crippen molar-refractivity contribution in [1.82, 2.24) is 19.9 Å². The molecule has 1 N–H and O–H groups in total. The Hall–Kier alpha value is -2.38. The van der Waals surface area contributed by atoms with Gasteiger partial charge >= 0.3 is 0 Å². The standard InChI is InChI=1S/C15H12ClN5OS/c1-8-4-3-5-10-6-11(13(16)18-12(8)10)7-17-21-14(22)9(2)19-20-15(21)23/h3-7H,1-2H3,(H,20,23)/b17-7-. The molecule has 2 heterocycles. The molecule has 6 nitrogen and oxygen atoms in total. The Morgan fingerprint density at radius 1 is 1.39 bits per heavy atom. The zero-order chi connectivity index (χ0) is 16.6. The first-order chi connectivity index (χ1) is 11.0. The molecular formula is C15H12ClN5OS. The van der Waals surface area contributed by atoms with Gasteiger partial charge in [0.15, 0.2) is 0 Å². The lowest BCUT2D eigenvalue weighted by Crippen LogP contribution is -2.22. The van der Waals surface area contributed by atoms with Crippen molar-refractivity contribution < 1.29 is 0 Å². The second kappa shape index (κ2) is 6.02. The number of H-pyrrole nitrogens is 1. The van der Waals surface area contributed by atoms with Gasteiger partial charge in [-0.05, 0) is 37.7 Å². The summed E-state index contributed by atoms with van der Waals surface area (Å²) in [6.45, 7) is 3.55. The van der Waals surface area contributed by atoms with E-state index >= 15 is 0 Å². The van der Waals surface area contributed by atoms with Crippen LogP contribution in [-0.4, -0.2) is 26.1 Å². The van der Waals surface area contributed by atoms with Crippen molar-refractivity contribution in [1.29, 1.82) is 0 Å². The van der Waals surface area contributed by atoms with Crippen LogP contribution in [-0.2, 0) is 0 Å². The third kappa shape index (κ3) is 2.93. The van der Waals surface area contributed by atoms with Crippen LogP contribution in [0.2, 0.25) is 5.15 Å². The minimum atomic E-state index is -0.384. The summed E-state index contributed by atoms with van der Waals surface area (Å²) in [6, 6.07) is 7.73. The number of fused-ring (bicyclic) bond motifs is 1. The molecule has 0 radical (unpaired) electrons. The van der Waals surface area contributed by atoms with Crippen molar-refractivity contribution in [2.45, 2.75) is 13.8 Å². The summed E-state index contributed by atoms with van der Waals surface area (Å²) in [5.74, 6) is 0. The fraction of sp³-hybridized carbons (Fsp3) is 0.133. The fourth-order valence-electron chi connectivity index (χ4n) is 2.13. The minimum absolute atomic E-state index is 0.109. The Kier molecular flexibility index (Phi) is 4.06. The van der Waals surface area contributed by atoms with Gasteiger partial charge in [-0.15, -0.1) is 0 Å². The van der Waals surface area contributed by atoms with Gasteiger partial charge < -0.3 is 0 Å². The molecule has 2 aromatic heterocycles. The Morgan fingerprint density at radius 2 is 2.17 bits per heavy atom. The van der Waals surface area contributed by atoms with Crippen LogP contribution in [0, 0.1) is 18.6 Å². The maximum absolute atomic E-state index is 12.0. The zero-order valence-corrected chi connectivity index (χ0v) is 13.9. The summed E-state index contributed by atoms with van der Waals surface area (Å²) < 4.78 is 1.17. The summed E-state index contributed by atoms with van der Waals surface area (Å²) in [6.07, 6.45) is 1.46. The molecule has 0 spiro atoms. The normalized spacial score (nSPS) is 11.4. The molecule has 0 unspecified atom stereocenters. The average Bonchev–Trinajstić information content (AvgIpc) is 2.52. The number of aryl methyl sites for hydroxylation is 2. The van der Waals surface area contributed by atoms with Crippen molar-refractivity contribution in [3.05, 3.63) is 61.4 Å². The van der Waals surface area contributed by atoms with Crippen LogP contribution in [0.15, 0.2) is 34.2 Å². The minimum Gasteiger partial charge on any atom is -0.265 e. The first-order valence-corrected chi connectivity index (χ1v) is 7.54. The predicted molar refractivity (Wildman–Crippen MR) is 92.9 cm³/mol. The van der Waals surface area contributed by atoms with Crippen LogP contribution in [0.5, 0.6) is 0 Å². The number of benzene rings is 1. The lowest BCUT2D eigenvalue weighted by molar-refractivity contribution is 0.720. The van der Waals surface area contributed by atoms with E-state index in [1.54, 1.807) is 6.92 Å². The first-order valence-electron chi connectivity index (χ1n) is 6.76. The van der Waals surface area contributed by atoms with Crippen LogP contribution in [0.1, 0.15) is 16.8 Å². The van der Waals surface area contributed by atoms with Gasteiger partial charge in [0.1, 0.15) is 10.8 Å². The molecule has 0 fully saturated rings. The highest BCUT2D eigenvalue weighted by molar-refractivity contribution is 7.71. The van der Waals surface area contributed by atoms with Gasteiger partial charge in [-0.2, -0.15) is 14.9 Å². The molecule has 23 heavy (non-hydrogen) atoms. The second-order valence-electron chi connectivity index (χ2n) is 4.99. The number of aromatic amines is 1. The number of rotatable bonds is 2. The molecule has 0 aliphatic rings. The molecule has 0 saturated carbocycles. The number of para-hydroxylation sites is 1. The third-order valence-corrected chi connectivity index (χ3v) is 3.92. The highest BCUT2D eigenvalue weighted by Gasteiger charge is 2.06. The van der Waals surface area contributed by atoms with E-state index in [1.165, 1.54) is 6.21 Å². The summed E-state index contributed by atoms with van der Waals surface area (Å²) >= 11 is 11.2. The van der Waals surface area contributed by atoms with E-state index in [1.807, 2.05) is 31.2 Å². The fourth-order valence-corrected chi connectivity index (χ4v) is 2.49. The van der Waals surface area contributed by atoms with Crippen LogP contribution >= 0.6 is 23.8 Å². The van der Waals surface area contributed by atoms with Crippen LogP contribution < -0.4 is 5.56 Å². The van der Waals surface area contributed by atoms with Gasteiger partial charge in [-0.25, -0.2) is 4.98 Å². The molecule has 0 amide bonds. The molecule has 116 valence electrons. The number of hydrogen-bond donors (Lipinski definition) is 1. The monoisotopic (exact) mass is 345 g/mol. The molecule has 0 aliphatic heterocycles. The number of nitrogens with zero attached hydrogens (tertiary/aromatic N) is 4. The SMILES string of the molecule is Cc1n[nH]c(=S)n(/N=C\c2cc3cccc(C)c3nc2Cl)c1=O. The van der Waals surface area contributed by atoms with Gasteiger partial charge in [0.2, 0.25) is 4.77 Å². The zero-order valence-electron chi connectivity index (χ0n) is 12.4. The van der Waals surface area contributed by atoms with E-state index in [0.717, 1.165) is 21.1 Å². The highest BCUT2D eigenvalue weighted by Crippen LogP contribution is 2.21.